The van der Waals surface area contributed by atoms with Crippen LogP contribution in [-0.4, -0.2) is 48.8 Å². The molecule has 0 aromatic rings. The number of likely N-dealkylation sites (N-methyl/N-ethyl adjacent to an activating group) is 1. The van der Waals surface area contributed by atoms with Gasteiger partial charge >= 0.3 is 0 Å². The molecule has 0 fully saturated rings. The average molecular weight is 216 g/mol. The topological polar surface area (TPSA) is 20.2 Å². The normalized spacial score (nSPS) is 13.8. The third kappa shape index (κ3) is 8.60. The van der Waals surface area contributed by atoms with Gasteiger partial charge in [-0.1, -0.05) is 0 Å². The molecule has 12 heavy (non-hydrogen) atoms. The van der Waals surface area contributed by atoms with Crippen LogP contribution in [0.25, 0.3) is 0 Å². The molecule has 0 rings (SSSR count). The number of aliphatic hydroxyl groups excluding tert-OH is 1. The number of halogens is 2. The van der Waals surface area contributed by atoms with Crippen LogP contribution in [0.2, 0.25) is 0 Å². The molecule has 0 aromatic heterocycles. The summed E-state index contributed by atoms with van der Waals surface area (Å²) in [5.41, 5.74) is 0. The SMILES string of the molecule is CC(O)C[N+](C)(C)CCCCl.[Cl-]. The molecule has 4 heteroatoms. The van der Waals surface area contributed by atoms with Gasteiger partial charge in [0.2, 0.25) is 0 Å². The second-order valence-electron chi connectivity index (χ2n) is 3.73. The Morgan fingerprint density at radius 2 is 1.92 bits per heavy atom. The van der Waals surface area contributed by atoms with Crippen molar-refractivity contribution in [2.75, 3.05) is 33.1 Å². The van der Waals surface area contributed by atoms with Crippen molar-refractivity contribution in [3.05, 3.63) is 0 Å². The molecule has 2 nitrogen and oxygen atoms in total. The number of nitrogens with zero attached hydrogens (tertiary/aromatic N) is 1. The van der Waals surface area contributed by atoms with Gasteiger partial charge in [0.15, 0.2) is 0 Å². The summed E-state index contributed by atoms with van der Waals surface area (Å²) in [5, 5.41) is 9.14. The molecule has 1 atom stereocenters. The maximum atomic E-state index is 9.14. The van der Waals surface area contributed by atoms with Gasteiger partial charge in [0.25, 0.3) is 0 Å². The molecule has 0 aliphatic heterocycles. The fraction of sp³-hybridized carbons (Fsp3) is 1.00. The summed E-state index contributed by atoms with van der Waals surface area (Å²) in [6.07, 6.45) is 0.793. The Hall–Kier alpha value is 0.500. The van der Waals surface area contributed by atoms with Crippen molar-refractivity contribution in [2.24, 2.45) is 0 Å². The quantitative estimate of drug-likeness (QED) is 0.419. The van der Waals surface area contributed by atoms with Crippen molar-refractivity contribution >= 4 is 11.6 Å². The zero-order chi connectivity index (χ0) is 8.91. The van der Waals surface area contributed by atoms with Crippen molar-refractivity contribution in [1.82, 2.24) is 0 Å². The van der Waals surface area contributed by atoms with E-state index in [1.165, 1.54) is 0 Å². The summed E-state index contributed by atoms with van der Waals surface area (Å²) < 4.78 is 0.852. The van der Waals surface area contributed by atoms with E-state index in [0.29, 0.717) is 5.88 Å². The molecule has 0 aliphatic rings. The number of rotatable bonds is 5. The predicted octanol–water partition coefficient (Wildman–Crippen LogP) is -1.92. The molecule has 0 amide bonds. The van der Waals surface area contributed by atoms with Crippen LogP contribution in [0.15, 0.2) is 0 Å². The fourth-order valence-electron chi connectivity index (χ4n) is 1.29. The molecule has 1 unspecified atom stereocenters. The molecule has 0 heterocycles. The summed E-state index contributed by atoms with van der Waals surface area (Å²) in [7, 11) is 4.22. The summed E-state index contributed by atoms with van der Waals surface area (Å²) in [6, 6.07) is 0. The highest BCUT2D eigenvalue weighted by molar-refractivity contribution is 6.17. The Morgan fingerprint density at radius 1 is 1.42 bits per heavy atom. The van der Waals surface area contributed by atoms with E-state index >= 15 is 0 Å². The van der Waals surface area contributed by atoms with E-state index in [1.54, 1.807) is 0 Å². The van der Waals surface area contributed by atoms with E-state index in [0.717, 1.165) is 24.0 Å². The highest BCUT2D eigenvalue weighted by Crippen LogP contribution is 2.02. The molecule has 0 saturated heterocycles. The smallest absolute Gasteiger partial charge is 0.104 e. The maximum absolute atomic E-state index is 9.14. The lowest BCUT2D eigenvalue weighted by Gasteiger charge is -2.30. The second-order valence-corrected chi connectivity index (χ2v) is 4.11. The Morgan fingerprint density at radius 3 is 2.25 bits per heavy atom. The van der Waals surface area contributed by atoms with Gasteiger partial charge in [0.1, 0.15) is 12.6 Å². The summed E-state index contributed by atoms with van der Waals surface area (Å²) >= 11 is 5.57. The van der Waals surface area contributed by atoms with Crippen LogP contribution in [0.4, 0.5) is 0 Å². The summed E-state index contributed by atoms with van der Waals surface area (Å²) in [4.78, 5) is 0. The van der Waals surface area contributed by atoms with Crippen LogP contribution in [-0.2, 0) is 0 Å². The minimum atomic E-state index is -0.222. The monoisotopic (exact) mass is 215 g/mol. The number of quaternary nitrogens is 1. The summed E-state index contributed by atoms with van der Waals surface area (Å²) in [6.45, 7) is 3.66. The van der Waals surface area contributed by atoms with Crippen LogP contribution in [0.1, 0.15) is 13.3 Å². The average Bonchev–Trinajstić information content (AvgIpc) is 1.81. The third-order valence-corrected chi connectivity index (χ3v) is 1.92. The first-order valence-corrected chi connectivity index (χ1v) is 4.57. The van der Waals surface area contributed by atoms with Crippen LogP contribution in [0.5, 0.6) is 0 Å². The molecular weight excluding hydrogens is 197 g/mol. The Labute approximate surface area is 86.5 Å². The van der Waals surface area contributed by atoms with E-state index in [-0.39, 0.29) is 18.5 Å². The van der Waals surface area contributed by atoms with Gasteiger partial charge in [-0.05, 0) is 6.92 Å². The molecule has 0 radical (unpaired) electrons. The highest BCUT2D eigenvalue weighted by Gasteiger charge is 2.16. The molecule has 0 bridgehead atoms. The highest BCUT2D eigenvalue weighted by atomic mass is 35.5. The van der Waals surface area contributed by atoms with Gasteiger partial charge in [-0.3, -0.25) is 0 Å². The first-order valence-electron chi connectivity index (χ1n) is 4.04. The van der Waals surface area contributed by atoms with Crippen LogP contribution >= 0.6 is 11.6 Å². The van der Waals surface area contributed by atoms with Crippen LogP contribution in [0, 0.1) is 0 Å². The van der Waals surface area contributed by atoms with Gasteiger partial charge in [-0.2, -0.15) is 0 Å². The van der Waals surface area contributed by atoms with Crippen molar-refractivity contribution in [1.29, 1.82) is 0 Å². The Kier molecular flexibility index (Phi) is 8.69. The van der Waals surface area contributed by atoms with Gasteiger partial charge in [-0.25, -0.2) is 0 Å². The standard InChI is InChI=1S/C8H19ClNO.ClH/c1-8(11)7-10(2,3)6-4-5-9;/h8,11H,4-7H2,1-3H3;1H/q+1;/p-1. The zero-order valence-electron chi connectivity index (χ0n) is 8.06. The van der Waals surface area contributed by atoms with Crippen LogP contribution < -0.4 is 12.4 Å². The molecule has 0 spiro atoms. The van der Waals surface area contributed by atoms with E-state index in [1.807, 2.05) is 6.92 Å². The van der Waals surface area contributed by atoms with E-state index in [4.69, 9.17) is 16.7 Å². The first-order chi connectivity index (χ1) is 4.98. The van der Waals surface area contributed by atoms with Crippen molar-refractivity contribution < 1.29 is 22.0 Å². The van der Waals surface area contributed by atoms with E-state index < -0.39 is 0 Å². The largest absolute Gasteiger partial charge is 1.00 e. The minimum Gasteiger partial charge on any atom is -1.00 e. The predicted molar refractivity (Wildman–Crippen MR) is 48.9 cm³/mol. The number of aliphatic hydroxyl groups is 1. The maximum Gasteiger partial charge on any atom is 0.104 e. The lowest BCUT2D eigenvalue weighted by Crippen LogP contribution is -3.00. The molecule has 0 aliphatic carbocycles. The molecular formula is C8H19Cl2NO. The summed E-state index contributed by atoms with van der Waals surface area (Å²) in [5.74, 6) is 0.710. The molecule has 1 N–H and O–H groups in total. The zero-order valence-corrected chi connectivity index (χ0v) is 9.57. The van der Waals surface area contributed by atoms with E-state index in [2.05, 4.69) is 14.1 Å². The van der Waals surface area contributed by atoms with Gasteiger partial charge in [0, 0.05) is 12.3 Å². The van der Waals surface area contributed by atoms with Crippen molar-refractivity contribution in [2.45, 2.75) is 19.4 Å². The van der Waals surface area contributed by atoms with Crippen molar-refractivity contribution in [3.8, 4) is 0 Å². The Balaban J connectivity index is 0. The molecule has 76 valence electrons. The first kappa shape index (κ1) is 15.0. The second kappa shape index (κ2) is 6.96. The molecule has 0 aromatic carbocycles. The fourth-order valence-corrected chi connectivity index (χ4v) is 1.41. The Bertz CT molecular complexity index is 107. The minimum absolute atomic E-state index is 0. The lowest BCUT2D eigenvalue weighted by atomic mass is 10.3. The molecule has 0 saturated carbocycles. The number of hydrogen-bond acceptors (Lipinski definition) is 1. The lowest BCUT2D eigenvalue weighted by molar-refractivity contribution is -0.893. The van der Waals surface area contributed by atoms with Gasteiger partial charge < -0.3 is 22.0 Å². The van der Waals surface area contributed by atoms with Crippen LogP contribution in [0.3, 0.4) is 0 Å². The van der Waals surface area contributed by atoms with Crippen molar-refractivity contribution in [3.63, 3.8) is 0 Å². The number of hydrogen-bond donors (Lipinski definition) is 1. The third-order valence-electron chi connectivity index (χ3n) is 1.66. The number of alkyl halides is 1. The van der Waals surface area contributed by atoms with E-state index in [9.17, 15) is 0 Å². The van der Waals surface area contributed by atoms with Gasteiger partial charge in [-0.15, -0.1) is 11.6 Å². The van der Waals surface area contributed by atoms with Gasteiger partial charge in [0.05, 0.1) is 20.6 Å².